The Morgan fingerprint density at radius 2 is 1.75 bits per heavy atom. The molecule has 0 saturated carbocycles. The van der Waals surface area contributed by atoms with Gasteiger partial charge in [-0.05, 0) is 19.4 Å². The molecule has 0 aromatic heterocycles. The van der Waals surface area contributed by atoms with Gasteiger partial charge in [-0.15, -0.1) is 0 Å². The molecule has 0 amide bonds. The minimum atomic E-state index is 0.293. The van der Waals surface area contributed by atoms with Crippen LogP contribution in [0, 0.1) is 10.8 Å². The standard InChI is InChI=1S/C11H21N/c1-9(2)11(5)8-12(6)7-10(11,3)4/h1,7-8H2,2-6H3. The maximum Gasteiger partial charge on any atom is 0.00753 e. The first-order valence-electron chi connectivity index (χ1n) is 4.64. The predicted molar refractivity (Wildman–Crippen MR) is 54.2 cm³/mol. The van der Waals surface area contributed by atoms with E-state index in [1.807, 2.05) is 0 Å². The maximum atomic E-state index is 4.11. The van der Waals surface area contributed by atoms with E-state index in [0.29, 0.717) is 10.8 Å². The minimum Gasteiger partial charge on any atom is -0.305 e. The molecule has 70 valence electrons. The molecule has 0 aliphatic carbocycles. The van der Waals surface area contributed by atoms with Gasteiger partial charge in [0.15, 0.2) is 0 Å². The van der Waals surface area contributed by atoms with E-state index < -0.39 is 0 Å². The second-order valence-electron chi connectivity index (χ2n) is 5.17. The lowest BCUT2D eigenvalue weighted by Gasteiger charge is -2.37. The Morgan fingerprint density at radius 3 is 1.92 bits per heavy atom. The topological polar surface area (TPSA) is 3.24 Å². The summed E-state index contributed by atoms with van der Waals surface area (Å²) in [5.74, 6) is 0. The predicted octanol–water partition coefficient (Wildman–Crippen LogP) is 2.54. The molecule has 0 spiro atoms. The second-order valence-corrected chi connectivity index (χ2v) is 5.17. The van der Waals surface area contributed by atoms with Gasteiger partial charge in [-0.3, -0.25) is 0 Å². The lowest BCUT2D eigenvalue weighted by Crippen LogP contribution is -2.34. The number of hydrogen-bond donors (Lipinski definition) is 0. The van der Waals surface area contributed by atoms with E-state index in [0.717, 1.165) is 6.54 Å². The number of likely N-dealkylation sites (tertiary alicyclic amines) is 1. The highest BCUT2D eigenvalue weighted by Gasteiger charge is 2.47. The van der Waals surface area contributed by atoms with Gasteiger partial charge in [0.1, 0.15) is 0 Å². The molecule has 1 heteroatoms. The normalized spacial score (nSPS) is 35.4. The van der Waals surface area contributed by atoms with Gasteiger partial charge in [0.25, 0.3) is 0 Å². The molecule has 1 nitrogen and oxygen atoms in total. The van der Waals surface area contributed by atoms with Crippen LogP contribution in [0.25, 0.3) is 0 Å². The average molecular weight is 167 g/mol. The molecule has 0 N–H and O–H groups in total. The molecule has 0 radical (unpaired) electrons. The van der Waals surface area contributed by atoms with Crippen LogP contribution in [0.3, 0.4) is 0 Å². The van der Waals surface area contributed by atoms with Gasteiger partial charge in [-0.1, -0.05) is 32.9 Å². The fourth-order valence-electron chi connectivity index (χ4n) is 2.37. The van der Waals surface area contributed by atoms with E-state index in [4.69, 9.17) is 0 Å². The maximum absolute atomic E-state index is 4.11. The van der Waals surface area contributed by atoms with Crippen molar-refractivity contribution in [2.45, 2.75) is 27.7 Å². The van der Waals surface area contributed by atoms with Crippen LogP contribution in [0.4, 0.5) is 0 Å². The molecule has 0 bridgehead atoms. The van der Waals surface area contributed by atoms with Crippen molar-refractivity contribution in [3.8, 4) is 0 Å². The van der Waals surface area contributed by atoms with Crippen LogP contribution in [-0.2, 0) is 0 Å². The van der Waals surface area contributed by atoms with Gasteiger partial charge in [0.05, 0.1) is 0 Å². The van der Waals surface area contributed by atoms with E-state index in [1.165, 1.54) is 12.1 Å². The molecule has 0 aromatic rings. The Kier molecular flexibility index (Phi) is 2.12. The first-order valence-corrected chi connectivity index (χ1v) is 4.64. The first kappa shape index (κ1) is 9.79. The molecular weight excluding hydrogens is 146 g/mol. The van der Waals surface area contributed by atoms with Crippen LogP contribution >= 0.6 is 0 Å². The van der Waals surface area contributed by atoms with E-state index in [1.54, 1.807) is 0 Å². The van der Waals surface area contributed by atoms with E-state index in [-0.39, 0.29) is 0 Å². The Labute approximate surface area is 76.5 Å². The summed E-state index contributed by atoms with van der Waals surface area (Å²) in [7, 11) is 2.19. The van der Waals surface area contributed by atoms with Gasteiger partial charge in [-0.25, -0.2) is 0 Å². The molecule has 1 unspecified atom stereocenters. The van der Waals surface area contributed by atoms with Gasteiger partial charge in [0.2, 0.25) is 0 Å². The van der Waals surface area contributed by atoms with E-state index >= 15 is 0 Å². The average Bonchev–Trinajstić information content (AvgIpc) is 2.02. The Morgan fingerprint density at radius 1 is 1.25 bits per heavy atom. The largest absolute Gasteiger partial charge is 0.305 e. The fraction of sp³-hybridized carbons (Fsp3) is 0.818. The summed E-state index contributed by atoms with van der Waals surface area (Å²) in [6, 6.07) is 0. The third-order valence-electron chi connectivity index (χ3n) is 3.69. The summed E-state index contributed by atoms with van der Waals surface area (Å²) in [6.45, 7) is 15.6. The summed E-state index contributed by atoms with van der Waals surface area (Å²) in [5.41, 5.74) is 1.98. The molecule has 1 aliphatic rings. The third-order valence-corrected chi connectivity index (χ3v) is 3.69. The van der Waals surface area contributed by atoms with Crippen molar-refractivity contribution < 1.29 is 0 Å². The Bertz CT molecular complexity index is 205. The summed E-state index contributed by atoms with van der Waals surface area (Å²) < 4.78 is 0. The quantitative estimate of drug-likeness (QED) is 0.542. The van der Waals surface area contributed by atoms with Crippen LogP contribution in [0.1, 0.15) is 27.7 Å². The zero-order valence-electron chi connectivity index (χ0n) is 9.07. The second kappa shape index (κ2) is 2.59. The molecule has 0 aromatic carbocycles. The zero-order valence-corrected chi connectivity index (χ0v) is 9.07. The molecule has 1 heterocycles. The fourth-order valence-corrected chi connectivity index (χ4v) is 2.37. The highest BCUT2D eigenvalue weighted by Crippen LogP contribution is 2.49. The van der Waals surface area contributed by atoms with Gasteiger partial charge < -0.3 is 4.90 Å². The van der Waals surface area contributed by atoms with Gasteiger partial charge >= 0.3 is 0 Å². The molecule has 1 saturated heterocycles. The van der Waals surface area contributed by atoms with Crippen LogP contribution in [0.5, 0.6) is 0 Å². The summed E-state index contributed by atoms with van der Waals surface area (Å²) in [6.07, 6.45) is 0. The first-order chi connectivity index (χ1) is 5.29. The number of hydrogen-bond acceptors (Lipinski definition) is 1. The summed E-state index contributed by atoms with van der Waals surface area (Å²) >= 11 is 0. The minimum absolute atomic E-state index is 0.293. The molecule has 12 heavy (non-hydrogen) atoms. The lowest BCUT2D eigenvalue weighted by molar-refractivity contribution is 0.205. The van der Waals surface area contributed by atoms with E-state index in [2.05, 4.69) is 46.2 Å². The number of rotatable bonds is 1. The zero-order chi connectivity index (χ0) is 9.57. The van der Waals surface area contributed by atoms with Crippen molar-refractivity contribution >= 4 is 0 Å². The van der Waals surface area contributed by atoms with Crippen LogP contribution in [-0.4, -0.2) is 25.0 Å². The number of nitrogens with zero attached hydrogens (tertiary/aromatic N) is 1. The van der Waals surface area contributed by atoms with E-state index in [9.17, 15) is 0 Å². The van der Waals surface area contributed by atoms with Crippen LogP contribution in [0.15, 0.2) is 12.2 Å². The van der Waals surface area contributed by atoms with Crippen molar-refractivity contribution in [1.82, 2.24) is 4.90 Å². The molecule has 1 rings (SSSR count). The molecular formula is C11H21N. The monoisotopic (exact) mass is 167 g/mol. The SMILES string of the molecule is C=C(C)C1(C)CN(C)CC1(C)C. The highest BCUT2D eigenvalue weighted by molar-refractivity contribution is 5.16. The van der Waals surface area contributed by atoms with Crippen molar-refractivity contribution in [1.29, 1.82) is 0 Å². The highest BCUT2D eigenvalue weighted by atomic mass is 15.1. The summed E-state index contributed by atoms with van der Waals surface area (Å²) in [4.78, 5) is 2.40. The van der Waals surface area contributed by atoms with Crippen molar-refractivity contribution in [2.75, 3.05) is 20.1 Å². The molecule has 1 aliphatic heterocycles. The van der Waals surface area contributed by atoms with Crippen LogP contribution < -0.4 is 0 Å². The van der Waals surface area contributed by atoms with Crippen molar-refractivity contribution in [2.24, 2.45) is 10.8 Å². The molecule has 1 atom stereocenters. The summed E-state index contributed by atoms with van der Waals surface area (Å²) in [5, 5.41) is 0. The lowest BCUT2D eigenvalue weighted by atomic mass is 9.66. The molecule has 1 fully saturated rings. The van der Waals surface area contributed by atoms with Crippen molar-refractivity contribution in [3.05, 3.63) is 12.2 Å². The van der Waals surface area contributed by atoms with Crippen LogP contribution in [0.2, 0.25) is 0 Å². The Hall–Kier alpha value is -0.300. The Balaban J connectivity index is 2.98. The van der Waals surface area contributed by atoms with Gasteiger partial charge in [-0.2, -0.15) is 0 Å². The third kappa shape index (κ3) is 1.20. The van der Waals surface area contributed by atoms with Crippen molar-refractivity contribution in [3.63, 3.8) is 0 Å². The smallest absolute Gasteiger partial charge is 0.00753 e. The van der Waals surface area contributed by atoms with Gasteiger partial charge in [0, 0.05) is 18.5 Å².